The number of sulfone groups is 1. The number of carbonyl (C=O) groups excluding carboxylic acids is 1. The molecule has 1 fully saturated rings. The first-order valence-corrected chi connectivity index (χ1v) is 9.76. The van der Waals surface area contributed by atoms with Gasteiger partial charge in [0.25, 0.3) is 5.91 Å². The highest BCUT2D eigenvalue weighted by molar-refractivity contribution is 7.92. The SMILES string of the molecule is CCN1CCC[C@@H](NC(=O)c2ccc(S(=O)(=O)C(C)C)cc2)C1. The van der Waals surface area contributed by atoms with E-state index in [1.165, 1.54) is 12.1 Å². The Morgan fingerprint density at radius 3 is 2.52 bits per heavy atom. The van der Waals surface area contributed by atoms with Gasteiger partial charge in [0.05, 0.1) is 10.1 Å². The zero-order valence-electron chi connectivity index (χ0n) is 14.1. The summed E-state index contributed by atoms with van der Waals surface area (Å²) in [6, 6.07) is 6.37. The highest BCUT2D eigenvalue weighted by Crippen LogP contribution is 2.17. The zero-order chi connectivity index (χ0) is 17.0. The topological polar surface area (TPSA) is 66.5 Å². The van der Waals surface area contributed by atoms with E-state index in [0.29, 0.717) is 5.56 Å². The van der Waals surface area contributed by atoms with E-state index in [1.807, 2.05) is 0 Å². The first kappa shape index (κ1) is 17.9. The summed E-state index contributed by atoms with van der Waals surface area (Å²) in [6.07, 6.45) is 2.08. The summed E-state index contributed by atoms with van der Waals surface area (Å²) in [5, 5.41) is 2.58. The Bertz CT molecular complexity index is 638. The van der Waals surface area contributed by atoms with Crippen LogP contribution in [0.3, 0.4) is 0 Å². The van der Waals surface area contributed by atoms with Crippen LogP contribution in [0, 0.1) is 0 Å². The third kappa shape index (κ3) is 4.32. The van der Waals surface area contributed by atoms with Crippen molar-refractivity contribution in [2.75, 3.05) is 19.6 Å². The smallest absolute Gasteiger partial charge is 0.251 e. The fourth-order valence-electron chi connectivity index (χ4n) is 2.80. The molecule has 0 aromatic heterocycles. The molecule has 1 aromatic carbocycles. The van der Waals surface area contributed by atoms with Crippen molar-refractivity contribution in [2.45, 2.75) is 49.8 Å². The van der Waals surface area contributed by atoms with Crippen molar-refractivity contribution < 1.29 is 13.2 Å². The van der Waals surface area contributed by atoms with E-state index in [4.69, 9.17) is 0 Å². The Labute approximate surface area is 139 Å². The maximum Gasteiger partial charge on any atom is 0.251 e. The number of likely N-dealkylation sites (N-methyl/N-ethyl adjacent to an activating group) is 1. The molecule has 0 spiro atoms. The van der Waals surface area contributed by atoms with Crippen LogP contribution in [0.4, 0.5) is 0 Å². The predicted molar refractivity (Wildman–Crippen MR) is 91.4 cm³/mol. The molecule has 0 aliphatic carbocycles. The third-order valence-corrected chi connectivity index (χ3v) is 6.52. The number of carbonyl (C=O) groups is 1. The lowest BCUT2D eigenvalue weighted by Gasteiger charge is -2.32. The van der Waals surface area contributed by atoms with E-state index in [9.17, 15) is 13.2 Å². The third-order valence-electron chi connectivity index (χ3n) is 4.35. The van der Waals surface area contributed by atoms with Crippen LogP contribution in [0.5, 0.6) is 0 Å². The number of nitrogens with zero attached hydrogens (tertiary/aromatic N) is 1. The average Bonchev–Trinajstić information content (AvgIpc) is 2.55. The van der Waals surface area contributed by atoms with Crippen molar-refractivity contribution in [3.8, 4) is 0 Å². The number of amides is 1. The Morgan fingerprint density at radius 2 is 1.96 bits per heavy atom. The standard InChI is InChI=1S/C17H26N2O3S/c1-4-19-11-5-6-15(12-19)18-17(20)14-7-9-16(10-8-14)23(21,22)13(2)3/h7-10,13,15H,4-6,11-12H2,1-3H3,(H,18,20)/t15-/m1/s1. The minimum atomic E-state index is -3.30. The zero-order valence-corrected chi connectivity index (χ0v) is 14.9. The number of rotatable bonds is 5. The minimum Gasteiger partial charge on any atom is -0.348 e. The van der Waals surface area contributed by atoms with Crippen LogP contribution in [-0.2, 0) is 9.84 Å². The molecule has 6 heteroatoms. The fourth-order valence-corrected chi connectivity index (χ4v) is 3.86. The molecule has 2 rings (SSSR count). The summed E-state index contributed by atoms with van der Waals surface area (Å²) in [5.74, 6) is -0.138. The van der Waals surface area contributed by atoms with Crippen LogP contribution >= 0.6 is 0 Å². The molecule has 1 aromatic rings. The van der Waals surface area contributed by atoms with Crippen molar-refractivity contribution in [1.82, 2.24) is 10.2 Å². The molecule has 0 unspecified atom stereocenters. The summed E-state index contributed by atoms with van der Waals surface area (Å²) in [5.41, 5.74) is 0.501. The molecular formula is C17H26N2O3S. The van der Waals surface area contributed by atoms with Crippen LogP contribution in [0.25, 0.3) is 0 Å². The van der Waals surface area contributed by atoms with E-state index in [1.54, 1.807) is 26.0 Å². The van der Waals surface area contributed by atoms with Gasteiger partial charge in [0, 0.05) is 18.2 Å². The van der Waals surface area contributed by atoms with Crippen molar-refractivity contribution >= 4 is 15.7 Å². The molecule has 1 heterocycles. The number of likely N-dealkylation sites (tertiary alicyclic amines) is 1. The van der Waals surface area contributed by atoms with Gasteiger partial charge >= 0.3 is 0 Å². The van der Waals surface area contributed by atoms with Crippen LogP contribution in [0.2, 0.25) is 0 Å². The van der Waals surface area contributed by atoms with Gasteiger partial charge in [0.2, 0.25) is 0 Å². The number of piperidine rings is 1. The van der Waals surface area contributed by atoms with E-state index in [2.05, 4.69) is 17.1 Å². The van der Waals surface area contributed by atoms with E-state index >= 15 is 0 Å². The molecule has 1 aliphatic heterocycles. The Morgan fingerprint density at radius 1 is 1.30 bits per heavy atom. The molecule has 128 valence electrons. The second-order valence-corrected chi connectivity index (χ2v) is 8.83. The number of benzene rings is 1. The Kier molecular flexibility index (Phi) is 5.81. The summed E-state index contributed by atoms with van der Waals surface area (Å²) in [4.78, 5) is 14.9. The molecule has 1 N–H and O–H groups in total. The first-order chi connectivity index (χ1) is 10.8. The minimum absolute atomic E-state index is 0.138. The van der Waals surface area contributed by atoms with Gasteiger partial charge in [-0.2, -0.15) is 0 Å². The van der Waals surface area contributed by atoms with Gasteiger partial charge in [-0.1, -0.05) is 6.92 Å². The lowest BCUT2D eigenvalue weighted by atomic mass is 10.1. The second-order valence-electron chi connectivity index (χ2n) is 6.32. The molecule has 1 aliphatic rings. The second kappa shape index (κ2) is 7.45. The molecule has 1 atom stereocenters. The van der Waals surface area contributed by atoms with Gasteiger partial charge in [-0.25, -0.2) is 8.42 Å². The fraction of sp³-hybridized carbons (Fsp3) is 0.588. The van der Waals surface area contributed by atoms with Crippen molar-refractivity contribution in [1.29, 1.82) is 0 Å². The predicted octanol–water partition coefficient (Wildman–Crippen LogP) is 2.08. The number of hydrogen-bond acceptors (Lipinski definition) is 4. The number of nitrogens with one attached hydrogen (secondary N) is 1. The maximum atomic E-state index is 12.3. The van der Waals surface area contributed by atoms with Crippen LogP contribution < -0.4 is 5.32 Å². The highest BCUT2D eigenvalue weighted by Gasteiger charge is 2.22. The molecule has 1 amide bonds. The molecule has 0 saturated carbocycles. The van der Waals surface area contributed by atoms with Crippen molar-refractivity contribution in [3.05, 3.63) is 29.8 Å². The Hall–Kier alpha value is -1.40. The largest absolute Gasteiger partial charge is 0.348 e. The summed E-state index contributed by atoms with van der Waals surface area (Å²) >= 11 is 0. The summed E-state index contributed by atoms with van der Waals surface area (Å²) in [6.45, 7) is 8.38. The monoisotopic (exact) mass is 338 g/mol. The van der Waals surface area contributed by atoms with Gasteiger partial charge < -0.3 is 10.2 Å². The molecule has 5 nitrogen and oxygen atoms in total. The number of hydrogen-bond donors (Lipinski definition) is 1. The summed E-state index contributed by atoms with van der Waals surface area (Å²) < 4.78 is 24.2. The first-order valence-electron chi connectivity index (χ1n) is 8.21. The molecule has 0 radical (unpaired) electrons. The van der Waals surface area contributed by atoms with Gasteiger partial charge in [-0.3, -0.25) is 4.79 Å². The summed E-state index contributed by atoms with van der Waals surface area (Å²) in [7, 11) is -3.30. The van der Waals surface area contributed by atoms with Gasteiger partial charge in [-0.15, -0.1) is 0 Å². The lowest BCUT2D eigenvalue weighted by Crippen LogP contribution is -2.47. The van der Waals surface area contributed by atoms with Crippen LogP contribution in [0.15, 0.2) is 29.2 Å². The molecule has 1 saturated heterocycles. The Balaban J connectivity index is 2.03. The van der Waals surface area contributed by atoms with Crippen LogP contribution in [0.1, 0.15) is 44.0 Å². The van der Waals surface area contributed by atoms with Crippen molar-refractivity contribution in [3.63, 3.8) is 0 Å². The van der Waals surface area contributed by atoms with Gasteiger partial charge in [0.1, 0.15) is 0 Å². The lowest BCUT2D eigenvalue weighted by molar-refractivity contribution is 0.0905. The quantitative estimate of drug-likeness (QED) is 0.893. The normalized spacial score (nSPS) is 19.7. The maximum absolute atomic E-state index is 12.3. The van der Waals surface area contributed by atoms with Crippen molar-refractivity contribution in [2.24, 2.45) is 0 Å². The molecule has 23 heavy (non-hydrogen) atoms. The average molecular weight is 338 g/mol. The van der Waals surface area contributed by atoms with Gasteiger partial charge in [0.15, 0.2) is 9.84 Å². The highest BCUT2D eigenvalue weighted by atomic mass is 32.2. The molecule has 0 bridgehead atoms. The van der Waals surface area contributed by atoms with E-state index in [0.717, 1.165) is 32.5 Å². The van der Waals surface area contributed by atoms with E-state index in [-0.39, 0.29) is 16.8 Å². The van der Waals surface area contributed by atoms with E-state index < -0.39 is 15.1 Å². The van der Waals surface area contributed by atoms with Gasteiger partial charge in [-0.05, 0) is 64.0 Å². The molecular weight excluding hydrogens is 312 g/mol. The van der Waals surface area contributed by atoms with Crippen LogP contribution in [-0.4, -0.2) is 50.2 Å².